The largest absolute Gasteiger partial charge is 0.490 e. The monoisotopic (exact) mass is 1120 g/mol. The van der Waals surface area contributed by atoms with Gasteiger partial charge in [0, 0.05) is 11.1 Å². The van der Waals surface area contributed by atoms with Crippen molar-refractivity contribution in [3.63, 3.8) is 0 Å². The fourth-order valence-corrected chi connectivity index (χ4v) is 11.1. The lowest BCUT2D eigenvalue weighted by Gasteiger charge is -2.28. The molecule has 0 fully saturated rings. The van der Waals surface area contributed by atoms with Gasteiger partial charge in [0.05, 0.1) is 50.8 Å². The molecule has 8 heteroatoms. The van der Waals surface area contributed by atoms with E-state index in [4.69, 9.17) is 28.4 Å². The molecule has 1 aliphatic rings. The van der Waals surface area contributed by atoms with Crippen LogP contribution in [0.25, 0.3) is 0 Å². The van der Waals surface area contributed by atoms with Crippen LogP contribution in [0.3, 0.4) is 0 Å². The van der Waals surface area contributed by atoms with Crippen molar-refractivity contribution in [2.75, 3.05) is 39.6 Å². The summed E-state index contributed by atoms with van der Waals surface area (Å²) in [6, 6.07) is 3.57. The molecular formula is C72H124O8. The Morgan fingerprint density at radius 1 is 0.287 bits per heavy atom. The standard InChI is InChI=1S/C72H124O8/c1-15-17-19-21-23-25-27-45-77-71-65-61(51-63(75-47-41-57(11)37-29-33-53(3)4)69(71)79-49-43-59(13)39-31-35-55(7)8)68(74)66-62(67(65)73)52-64(76-48-42-58(12)38-30-34-54(5)6)70(80-50-44-60(14)40-32-36-56(9)10)72(66)78-46-28-26-24-22-20-18-16-2/h51-60H,15-50H2,1-14H3. The number of rotatable bonds is 50. The molecule has 460 valence electrons. The van der Waals surface area contributed by atoms with Crippen LogP contribution < -0.4 is 28.4 Å². The fourth-order valence-electron chi connectivity index (χ4n) is 11.1. The Balaban J connectivity index is 2.26. The van der Waals surface area contributed by atoms with Gasteiger partial charge in [0.25, 0.3) is 0 Å². The summed E-state index contributed by atoms with van der Waals surface area (Å²) < 4.78 is 41.2. The topological polar surface area (TPSA) is 89.5 Å². The third kappa shape index (κ3) is 27.8. The minimum Gasteiger partial charge on any atom is -0.490 e. The van der Waals surface area contributed by atoms with Crippen LogP contribution in [0.4, 0.5) is 0 Å². The molecule has 0 amide bonds. The minimum atomic E-state index is -0.292. The van der Waals surface area contributed by atoms with Crippen LogP contribution in [0.5, 0.6) is 34.5 Å². The van der Waals surface area contributed by atoms with Crippen molar-refractivity contribution in [2.45, 2.75) is 290 Å². The van der Waals surface area contributed by atoms with Gasteiger partial charge in [-0.15, -0.1) is 0 Å². The van der Waals surface area contributed by atoms with Gasteiger partial charge in [0.15, 0.2) is 34.6 Å². The van der Waals surface area contributed by atoms with E-state index in [2.05, 4.69) is 96.9 Å². The van der Waals surface area contributed by atoms with E-state index in [0.29, 0.717) is 121 Å². The molecular weight excluding hydrogens is 993 g/mol. The number of carbonyl (C=O) groups excluding carboxylic acids is 2. The van der Waals surface area contributed by atoms with E-state index in [1.165, 1.54) is 103 Å². The highest BCUT2D eigenvalue weighted by atomic mass is 16.5. The van der Waals surface area contributed by atoms with Crippen LogP contribution in [-0.4, -0.2) is 51.2 Å². The number of ketones is 2. The van der Waals surface area contributed by atoms with E-state index in [1.807, 2.05) is 0 Å². The summed E-state index contributed by atoms with van der Waals surface area (Å²) in [5, 5.41) is 0. The summed E-state index contributed by atoms with van der Waals surface area (Å²) in [6.07, 6.45) is 33.3. The van der Waals surface area contributed by atoms with Crippen molar-refractivity contribution in [1.82, 2.24) is 0 Å². The molecule has 0 aliphatic heterocycles. The zero-order chi connectivity index (χ0) is 58.7. The lowest BCUT2D eigenvalue weighted by molar-refractivity contribution is 0.0968. The molecule has 1 aliphatic carbocycles. The van der Waals surface area contributed by atoms with E-state index in [1.54, 1.807) is 12.1 Å². The summed E-state index contributed by atoms with van der Waals surface area (Å²) in [4.78, 5) is 31.6. The maximum Gasteiger partial charge on any atom is 0.204 e. The quantitative estimate of drug-likeness (QED) is 0.0517. The van der Waals surface area contributed by atoms with E-state index in [-0.39, 0.29) is 33.8 Å². The zero-order valence-electron chi connectivity index (χ0n) is 54.5. The second-order valence-corrected chi connectivity index (χ2v) is 26.8. The average Bonchev–Trinajstić information content (AvgIpc) is 3.60. The lowest BCUT2D eigenvalue weighted by atomic mass is 9.82. The number of hydrogen-bond donors (Lipinski definition) is 0. The molecule has 4 unspecified atom stereocenters. The van der Waals surface area contributed by atoms with Gasteiger partial charge in [0.1, 0.15) is 0 Å². The Bertz CT molecular complexity index is 1830. The van der Waals surface area contributed by atoms with Gasteiger partial charge in [-0.2, -0.15) is 0 Å². The first-order chi connectivity index (χ1) is 38.5. The third-order valence-corrected chi connectivity index (χ3v) is 16.7. The van der Waals surface area contributed by atoms with Crippen LogP contribution in [0.15, 0.2) is 12.1 Å². The minimum absolute atomic E-state index is 0.242. The number of hydrogen-bond acceptors (Lipinski definition) is 8. The van der Waals surface area contributed by atoms with Crippen molar-refractivity contribution in [3.8, 4) is 34.5 Å². The summed E-state index contributed by atoms with van der Waals surface area (Å²) in [6.45, 7) is 34.6. The number of unbranched alkanes of at least 4 members (excludes halogenated alkanes) is 12. The molecule has 0 radical (unpaired) electrons. The Kier molecular flexibility index (Phi) is 36.8. The molecule has 0 N–H and O–H groups in total. The summed E-state index contributed by atoms with van der Waals surface area (Å²) >= 11 is 0. The van der Waals surface area contributed by atoms with Gasteiger partial charge >= 0.3 is 0 Å². The van der Waals surface area contributed by atoms with Gasteiger partial charge in [-0.05, 0) is 98.0 Å². The van der Waals surface area contributed by atoms with Crippen LogP contribution >= 0.6 is 0 Å². The first-order valence-corrected chi connectivity index (χ1v) is 33.8. The summed E-state index contributed by atoms with van der Waals surface area (Å²) in [5.74, 6) is 6.38. The molecule has 0 saturated carbocycles. The number of ether oxygens (including phenoxy) is 6. The van der Waals surface area contributed by atoms with Gasteiger partial charge in [-0.1, -0.05) is 251 Å². The van der Waals surface area contributed by atoms with Crippen molar-refractivity contribution in [3.05, 3.63) is 34.4 Å². The molecule has 2 aromatic rings. The normalized spacial score (nSPS) is 14.0. The van der Waals surface area contributed by atoms with Crippen LogP contribution in [0, 0.1) is 47.3 Å². The highest BCUT2D eigenvalue weighted by Crippen LogP contribution is 2.51. The van der Waals surface area contributed by atoms with Gasteiger partial charge in [-0.3, -0.25) is 9.59 Å². The predicted molar refractivity (Wildman–Crippen MR) is 339 cm³/mol. The summed E-state index contributed by atoms with van der Waals surface area (Å²) in [7, 11) is 0. The molecule has 4 atom stereocenters. The molecule has 2 aromatic carbocycles. The van der Waals surface area contributed by atoms with E-state index in [0.717, 1.165) is 89.9 Å². The molecule has 0 aromatic heterocycles. The van der Waals surface area contributed by atoms with Gasteiger partial charge in [-0.25, -0.2) is 0 Å². The van der Waals surface area contributed by atoms with Gasteiger partial charge < -0.3 is 28.4 Å². The Morgan fingerprint density at radius 2 is 0.550 bits per heavy atom. The fraction of sp³-hybridized carbons (Fsp3) is 0.806. The molecule has 8 nitrogen and oxygen atoms in total. The van der Waals surface area contributed by atoms with E-state index < -0.39 is 0 Å². The number of carbonyl (C=O) groups is 2. The molecule has 0 bridgehead atoms. The van der Waals surface area contributed by atoms with E-state index >= 15 is 9.59 Å². The summed E-state index contributed by atoms with van der Waals surface area (Å²) in [5.41, 5.74) is 1.01. The number of benzene rings is 2. The van der Waals surface area contributed by atoms with Crippen LogP contribution in [-0.2, 0) is 0 Å². The van der Waals surface area contributed by atoms with Gasteiger partial charge in [0.2, 0.25) is 11.5 Å². The SMILES string of the molecule is CCCCCCCCCOc1c(OCCC(C)CCCC(C)C)c(OCCC(C)CCCC(C)C)cc2c1C(=O)c1cc(OCCC(C)CCCC(C)C)c(OCCC(C)CCCC(C)C)c(OCCCCCCCCC)c1C2=O. The Hall–Kier alpha value is -3.42. The smallest absolute Gasteiger partial charge is 0.204 e. The Labute approximate surface area is 492 Å². The first kappa shape index (κ1) is 70.8. The number of fused-ring (bicyclic) bond motifs is 2. The van der Waals surface area contributed by atoms with Crippen molar-refractivity contribution < 1.29 is 38.0 Å². The van der Waals surface area contributed by atoms with E-state index in [9.17, 15) is 0 Å². The second-order valence-electron chi connectivity index (χ2n) is 26.8. The average molecular weight is 1120 g/mol. The van der Waals surface area contributed by atoms with Crippen molar-refractivity contribution >= 4 is 11.6 Å². The predicted octanol–water partition coefficient (Wildman–Crippen LogP) is 21.6. The Morgan fingerprint density at radius 3 is 0.838 bits per heavy atom. The molecule has 80 heavy (non-hydrogen) atoms. The van der Waals surface area contributed by atoms with Crippen LogP contribution in [0.1, 0.15) is 321 Å². The lowest BCUT2D eigenvalue weighted by Crippen LogP contribution is -2.25. The molecule has 0 saturated heterocycles. The van der Waals surface area contributed by atoms with Crippen molar-refractivity contribution in [2.24, 2.45) is 47.3 Å². The second kappa shape index (κ2) is 41.6. The van der Waals surface area contributed by atoms with Crippen LogP contribution in [0.2, 0.25) is 0 Å². The molecule has 3 rings (SSSR count). The zero-order valence-corrected chi connectivity index (χ0v) is 54.5. The third-order valence-electron chi connectivity index (χ3n) is 16.7. The first-order valence-electron chi connectivity index (χ1n) is 33.8. The maximum absolute atomic E-state index is 15.8. The highest BCUT2D eigenvalue weighted by molar-refractivity contribution is 6.31. The van der Waals surface area contributed by atoms with Crippen molar-refractivity contribution in [1.29, 1.82) is 0 Å². The molecule has 0 spiro atoms. The molecule has 0 heterocycles. The maximum atomic E-state index is 15.8. The highest BCUT2D eigenvalue weighted by Gasteiger charge is 2.41.